The third-order valence-corrected chi connectivity index (χ3v) is 4.29. The van der Waals surface area contributed by atoms with Crippen LogP contribution in [0.3, 0.4) is 0 Å². The van der Waals surface area contributed by atoms with Crippen LogP contribution in [-0.2, 0) is 9.47 Å². The van der Waals surface area contributed by atoms with Gasteiger partial charge in [0.15, 0.2) is 0 Å². The molecular formula is C23H19NO5. The van der Waals surface area contributed by atoms with Crippen molar-refractivity contribution in [2.45, 2.75) is 0 Å². The quantitative estimate of drug-likeness (QED) is 0.662. The van der Waals surface area contributed by atoms with Crippen LogP contribution >= 0.6 is 0 Å². The predicted octanol–water partition coefficient (Wildman–Crippen LogP) is 4.18. The van der Waals surface area contributed by atoms with Crippen LogP contribution in [0, 0.1) is 0 Å². The second kappa shape index (κ2) is 8.84. The normalized spacial score (nSPS) is 10.1. The lowest BCUT2D eigenvalue weighted by molar-refractivity contribution is 0.0599. The van der Waals surface area contributed by atoms with E-state index >= 15 is 0 Å². The highest BCUT2D eigenvalue weighted by molar-refractivity contribution is 6.06. The molecule has 6 nitrogen and oxygen atoms in total. The molecule has 0 heterocycles. The van der Waals surface area contributed by atoms with Gasteiger partial charge in [0.2, 0.25) is 0 Å². The number of esters is 2. The SMILES string of the molecule is COC(=O)c1cc(NC(=O)c2ccc(-c3ccccc3)cc2)cc(C(=O)OC)c1. The Morgan fingerprint density at radius 2 is 1.17 bits per heavy atom. The zero-order valence-electron chi connectivity index (χ0n) is 16.0. The van der Waals surface area contributed by atoms with Gasteiger partial charge < -0.3 is 14.8 Å². The molecule has 0 aliphatic rings. The van der Waals surface area contributed by atoms with Gasteiger partial charge in [0, 0.05) is 11.3 Å². The van der Waals surface area contributed by atoms with Gasteiger partial charge in [-0.2, -0.15) is 0 Å². The average molecular weight is 389 g/mol. The van der Waals surface area contributed by atoms with Gasteiger partial charge in [0.1, 0.15) is 0 Å². The lowest BCUT2D eigenvalue weighted by Gasteiger charge is -2.10. The molecule has 0 bridgehead atoms. The molecule has 146 valence electrons. The molecule has 0 aromatic heterocycles. The molecule has 0 saturated carbocycles. The Hall–Kier alpha value is -3.93. The topological polar surface area (TPSA) is 81.7 Å². The number of methoxy groups -OCH3 is 2. The molecule has 0 aliphatic carbocycles. The molecule has 3 rings (SSSR count). The van der Waals surface area contributed by atoms with Crippen molar-refractivity contribution in [1.29, 1.82) is 0 Å². The van der Waals surface area contributed by atoms with E-state index in [0.29, 0.717) is 5.56 Å². The fourth-order valence-electron chi connectivity index (χ4n) is 2.82. The maximum absolute atomic E-state index is 12.6. The number of anilines is 1. The Balaban J connectivity index is 1.84. The van der Waals surface area contributed by atoms with Crippen LogP contribution < -0.4 is 5.32 Å². The first kappa shape index (κ1) is 19.8. The van der Waals surface area contributed by atoms with Gasteiger partial charge in [-0.3, -0.25) is 4.79 Å². The standard InChI is InChI=1S/C23H19NO5/c1-28-22(26)18-12-19(23(27)29-2)14-20(13-18)24-21(25)17-10-8-16(9-11-17)15-6-4-3-5-7-15/h3-14H,1-2H3,(H,24,25). The smallest absolute Gasteiger partial charge is 0.337 e. The minimum atomic E-state index is -0.626. The summed E-state index contributed by atoms with van der Waals surface area (Å²) in [6.07, 6.45) is 0. The fourth-order valence-corrected chi connectivity index (χ4v) is 2.82. The number of nitrogens with one attached hydrogen (secondary N) is 1. The van der Waals surface area contributed by atoms with E-state index in [0.717, 1.165) is 11.1 Å². The highest BCUT2D eigenvalue weighted by Gasteiger charge is 2.15. The van der Waals surface area contributed by atoms with Crippen LogP contribution in [0.4, 0.5) is 5.69 Å². The van der Waals surface area contributed by atoms with Crippen LogP contribution in [0.5, 0.6) is 0 Å². The minimum absolute atomic E-state index is 0.130. The number of amides is 1. The van der Waals surface area contributed by atoms with E-state index in [-0.39, 0.29) is 22.7 Å². The Labute approximate surface area is 168 Å². The number of hydrogen-bond acceptors (Lipinski definition) is 5. The first-order chi connectivity index (χ1) is 14.0. The maximum atomic E-state index is 12.6. The van der Waals surface area contributed by atoms with Crippen LogP contribution in [0.25, 0.3) is 11.1 Å². The van der Waals surface area contributed by atoms with E-state index < -0.39 is 11.9 Å². The second-order valence-corrected chi connectivity index (χ2v) is 6.18. The molecule has 0 saturated heterocycles. The summed E-state index contributed by atoms with van der Waals surface area (Å²) in [6, 6.07) is 21.2. The Bertz CT molecular complexity index is 1010. The summed E-state index contributed by atoms with van der Waals surface area (Å²) >= 11 is 0. The Kier molecular flexibility index (Phi) is 6.04. The van der Waals surface area contributed by atoms with Crippen molar-refractivity contribution in [3.05, 3.63) is 89.5 Å². The van der Waals surface area contributed by atoms with Gasteiger partial charge in [0.25, 0.3) is 5.91 Å². The van der Waals surface area contributed by atoms with E-state index in [1.165, 1.54) is 32.4 Å². The molecule has 0 unspecified atom stereocenters. The second-order valence-electron chi connectivity index (χ2n) is 6.18. The van der Waals surface area contributed by atoms with Gasteiger partial charge in [-0.15, -0.1) is 0 Å². The molecule has 6 heteroatoms. The van der Waals surface area contributed by atoms with E-state index in [4.69, 9.17) is 9.47 Å². The maximum Gasteiger partial charge on any atom is 0.337 e. The third kappa shape index (κ3) is 4.68. The van der Waals surface area contributed by atoms with Gasteiger partial charge >= 0.3 is 11.9 Å². The fraction of sp³-hybridized carbons (Fsp3) is 0.0870. The summed E-state index contributed by atoms with van der Waals surface area (Å²) in [6.45, 7) is 0. The summed E-state index contributed by atoms with van der Waals surface area (Å²) in [5, 5.41) is 2.70. The van der Waals surface area contributed by atoms with Gasteiger partial charge in [0.05, 0.1) is 25.3 Å². The molecule has 0 fully saturated rings. The van der Waals surface area contributed by atoms with Gasteiger partial charge in [-0.25, -0.2) is 9.59 Å². The number of carbonyl (C=O) groups is 3. The number of benzene rings is 3. The van der Waals surface area contributed by atoms with E-state index in [9.17, 15) is 14.4 Å². The Morgan fingerprint density at radius 3 is 1.69 bits per heavy atom. The molecule has 1 amide bonds. The molecule has 3 aromatic rings. The van der Waals surface area contributed by atoms with Gasteiger partial charge in [-0.1, -0.05) is 42.5 Å². The highest BCUT2D eigenvalue weighted by Crippen LogP contribution is 2.21. The van der Waals surface area contributed by atoms with Crippen molar-refractivity contribution < 1.29 is 23.9 Å². The molecule has 29 heavy (non-hydrogen) atoms. The van der Waals surface area contributed by atoms with Crippen molar-refractivity contribution in [2.24, 2.45) is 0 Å². The zero-order valence-corrected chi connectivity index (χ0v) is 16.0. The van der Waals surface area contributed by atoms with Crippen LogP contribution in [0.1, 0.15) is 31.1 Å². The number of hydrogen-bond donors (Lipinski definition) is 1. The van der Waals surface area contributed by atoms with E-state index in [1.54, 1.807) is 12.1 Å². The summed E-state index contributed by atoms with van der Waals surface area (Å²) in [5.41, 5.74) is 3.02. The third-order valence-electron chi connectivity index (χ3n) is 4.29. The molecular weight excluding hydrogens is 370 g/mol. The van der Waals surface area contributed by atoms with Crippen LogP contribution in [-0.4, -0.2) is 32.1 Å². The van der Waals surface area contributed by atoms with Crippen LogP contribution in [0.15, 0.2) is 72.8 Å². The molecule has 0 spiro atoms. The molecule has 0 atom stereocenters. The number of rotatable bonds is 5. The van der Waals surface area contributed by atoms with Crippen molar-refractivity contribution in [2.75, 3.05) is 19.5 Å². The van der Waals surface area contributed by atoms with Crippen molar-refractivity contribution >= 4 is 23.5 Å². The molecule has 0 aliphatic heterocycles. The molecule has 3 aromatic carbocycles. The average Bonchev–Trinajstić information content (AvgIpc) is 2.78. The summed E-state index contributed by atoms with van der Waals surface area (Å²) < 4.78 is 9.40. The number of carbonyl (C=O) groups excluding carboxylic acids is 3. The van der Waals surface area contributed by atoms with E-state index in [2.05, 4.69) is 5.32 Å². The van der Waals surface area contributed by atoms with E-state index in [1.807, 2.05) is 42.5 Å². The monoisotopic (exact) mass is 389 g/mol. The molecule has 1 N–H and O–H groups in total. The first-order valence-electron chi connectivity index (χ1n) is 8.80. The summed E-state index contributed by atoms with van der Waals surface area (Å²) in [5.74, 6) is -1.63. The lowest BCUT2D eigenvalue weighted by Crippen LogP contribution is -2.14. The first-order valence-corrected chi connectivity index (χ1v) is 8.80. The van der Waals surface area contributed by atoms with Crippen molar-refractivity contribution in [3.8, 4) is 11.1 Å². The Morgan fingerprint density at radius 1 is 0.655 bits per heavy atom. The largest absolute Gasteiger partial charge is 0.465 e. The van der Waals surface area contributed by atoms with Crippen LogP contribution in [0.2, 0.25) is 0 Å². The number of ether oxygens (including phenoxy) is 2. The lowest BCUT2D eigenvalue weighted by atomic mass is 10.0. The minimum Gasteiger partial charge on any atom is -0.465 e. The van der Waals surface area contributed by atoms with Crippen molar-refractivity contribution in [3.63, 3.8) is 0 Å². The van der Waals surface area contributed by atoms with Gasteiger partial charge in [-0.05, 0) is 41.5 Å². The molecule has 0 radical (unpaired) electrons. The predicted molar refractivity (Wildman–Crippen MR) is 109 cm³/mol. The highest BCUT2D eigenvalue weighted by atomic mass is 16.5. The summed E-state index contributed by atoms with van der Waals surface area (Å²) in [7, 11) is 2.47. The zero-order chi connectivity index (χ0) is 20.8. The summed E-state index contributed by atoms with van der Waals surface area (Å²) in [4.78, 5) is 36.4. The van der Waals surface area contributed by atoms with Crippen molar-refractivity contribution in [1.82, 2.24) is 0 Å².